The minimum absolute atomic E-state index is 0. The number of methoxy groups -OCH3 is 1. The minimum atomic E-state index is -4.39. The zero-order valence-electron chi connectivity index (χ0n) is 14.2. The second-order valence-electron chi connectivity index (χ2n) is 5.44. The first-order valence-electron chi connectivity index (χ1n) is 7.62. The molecule has 9 heteroatoms. The molecule has 146 valence electrons. The number of hydrogen-bond donors (Lipinski definition) is 2. The fourth-order valence-corrected chi connectivity index (χ4v) is 2.26. The van der Waals surface area contributed by atoms with Crippen LogP contribution in [0.2, 0.25) is 0 Å². The van der Waals surface area contributed by atoms with Crippen LogP contribution in [0.25, 0.3) is 11.1 Å². The van der Waals surface area contributed by atoms with E-state index in [2.05, 4.69) is 10.1 Å². The van der Waals surface area contributed by atoms with Gasteiger partial charge >= 0.3 is 12.1 Å². The van der Waals surface area contributed by atoms with E-state index < -0.39 is 29.7 Å². The number of esters is 1. The predicted molar refractivity (Wildman–Crippen MR) is 96.5 cm³/mol. The van der Waals surface area contributed by atoms with Crippen molar-refractivity contribution in [2.24, 2.45) is 5.73 Å². The Hall–Kier alpha value is -2.58. The van der Waals surface area contributed by atoms with Gasteiger partial charge in [0.15, 0.2) is 0 Å². The molecule has 0 radical (unpaired) electrons. The van der Waals surface area contributed by atoms with Crippen LogP contribution in [-0.4, -0.2) is 31.6 Å². The van der Waals surface area contributed by atoms with Crippen LogP contribution < -0.4 is 11.1 Å². The maximum Gasteiger partial charge on any atom is 0.416 e. The molecule has 0 bridgehead atoms. The van der Waals surface area contributed by atoms with E-state index in [1.165, 1.54) is 31.4 Å². The number of halogens is 4. The van der Waals surface area contributed by atoms with Gasteiger partial charge in [0, 0.05) is 12.1 Å². The lowest BCUT2D eigenvalue weighted by molar-refractivity contribution is -0.142. The van der Waals surface area contributed by atoms with Crippen molar-refractivity contribution < 1.29 is 27.5 Å². The maximum atomic E-state index is 12.6. The van der Waals surface area contributed by atoms with Crippen molar-refractivity contribution in [3.05, 3.63) is 59.7 Å². The molecule has 0 aliphatic rings. The molecule has 1 amide bonds. The zero-order chi connectivity index (χ0) is 19.3. The monoisotopic (exact) mass is 402 g/mol. The van der Waals surface area contributed by atoms with E-state index in [-0.39, 0.29) is 24.5 Å². The lowest BCUT2D eigenvalue weighted by Crippen LogP contribution is -2.46. The van der Waals surface area contributed by atoms with Crippen LogP contribution in [-0.2, 0) is 15.7 Å². The lowest BCUT2D eigenvalue weighted by atomic mass is 10.0. The number of alkyl halides is 3. The second-order valence-corrected chi connectivity index (χ2v) is 5.44. The lowest BCUT2D eigenvalue weighted by Gasteiger charge is -2.14. The smallest absolute Gasteiger partial charge is 0.416 e. The summed E-state index contributed by atoms with van der Waals surface area (Å²) in [5.41, 5.74) is 6.21. The van der Waals surface area contributed by atoms with Crippen LogP contribution in [0.1, 0.15) is 15.9 Å². The summed E-state index contributed by atoms with van der Waals surface area (Å²) >= 11 is 0. The van der Waals surface area contributed by atoms with Crippen molar-refractivity contribution in [3.63, 3.8) is 0 Å². The molecule has 3 N–H and O–H groups in total. The molecule has 0 saturated carbocycles. The number of carbonyl (C=O) groups is 2. The average molecular weight is 403 g/mol. The largest absolute Gasteiger partial charge is 0.467 e. The zero-order valence-corrected chi connectivity index (χ0v) is 15.1. The van der Waals surface area contributed by atoms with Gasteiger partial charge in [-0.05, 0) is 35.4 Å². The minimum Gasteiger partial charge on any atom is -0.467 e. The quantitative estimate of drug-likeness (QED) is 0.753. The van der Waals surface area contributed by atoms with E-state index in [0.29, 0.717) is 11.1 Å². The van der Waals surface area contributed by atoms with Crippen molar-refractivity contribution >= 4 is 24.3 Å². The summed E-state index contributed by atoms with van der Waals surface area (Å²) in [6.07, 6.45) is -4.39. The van der Waals surface area contributed by atoms with E-state index in [0.717, 1.165) is 12.1 Å². The summed E-state index contributed by atoms with van der Waals surface area (Å²) in [5.74, 6) is -1.16. The van der Waals surface area contributed by atoms with E-state index >= 15 is 0 Å². The molecule has 2 rings (SSSR count). The third-order valence-electron chi connectivity index (χ3n) is 3.72. The highest BCUT2D eigenvalue weighted by molar-refractivity contribution is 5.97. The van der Waals surface area contributed by atoms with E-state index in [9.17, 15) is 22.8 Å². The highest BCUT2D eigenvalue weighted by Crippen LogP contribution is 2.31. The number of benzene rings is 2. The fourth-order valence-electron chi connectivity index (χ4n) is 2.26. The molecule has 27 heavy (non-hydrogen) atoms. The first-order chi connectivity index (χ1) is 12.3. The Morgan fingerprint density at radius 3 is 1.93 bits per heavy atom. The van der Waals surface area contributed by atoms with Gasteiger partial charge in [0.2, 0.25) is 0 Å². The molecule has 0 unspecified atom stereocenters. The van der Waals surface area contributed by atoms with E-state index in [4.69, 9.17) is 5.73 Å². The van der Waals surface area contributed by atoms with Gasteiger partial charge in [0.1, 0.15) is 6.04 Å². The van der Waals surface area contributed by atoms with Crippen molar-refractivity contribution in [1.29, 1.82) is 0 Å². The topological polar surface area (TPSA) is 81.4 Å². The molecular formula is C18H18ClF3N2O3. The molecular weight excluding hydrogens is 385 g/mol. The SMILES string of the molecule is COC(=O)[C@H](CN)NC(=O)c1ccc(-c2ccc(C(F)(F)F)cc2)cc1.Cl. The molecule has 0 aliphatic carbocycles. The number of ether oxygens (including phenoxy) is 1. The van der Waals surface area contributed by atoms with Crippen LogP contribution in [0.4, 0.5) is 13.2 Å². The Kier molecular flexibility index (Phi) is 7.81. The van der Waals surface area contributed by atoms with Crippen molar-refractivity contribution in [2.45, 2.75) is 12.2 Å². The molecule has 0 heterocycles. The van der Waals surface area contributed by atoms with Crippen LogP contribution in [0.5, 0.6) is 0 Å². The molecule has 0 saturated heterocycles. The number of carbonyl (C=O) groups excluding carboxylic acids is 2. The van der Waals surface area contributed by atoms with Gasteiger partial charge < -0.3 is 15.8 Å². The van der Waals surface area contributed by atoms with Crippen molar-refractivity contribution in [2.75, 3.05) is 13.7 Å². The Bertz CT molecular complexity index is 778. The summed E-state index contributed by atoms with van der Waals surface area (Å²) in [6.45, 7) is -0.109. The molecule has 2 aromatic rings. The molecule has 0 aromatic heterocycles. The van der Waals surface area contributed by atoms with E-state index in [1.54, 1.807) is 12.1 Å². The third-order valence-corrected chi connectivity index (χ3v) is 3.72. The molecule has 2 aromatic carbocycles. The third kappa shape index (κ3) is 5.70. The number of nitrogens with two attached hydrogens (primary N) is 1. The predicted octanol–water partition coefficient (Wildman–Crippen LogP) is 3.02. The standard InChI is InChI=1S/C18H17F3N2O3.ClH/c1-26-17(25)15(10-22)23-16(24)13-4-2-11(3-5-13)12-6-8-14(9-7-12)18(19,20)21;/h2-9,15H,10,22H2,1H3,(H,23,24);1H/t15-;/m0./s1. The number of nitrogens with one attached hydrogen (secondary N) is 1. The van der Waals surface area contributed by atoms with Gasteiger partial charge in [-0.15, -0.1) is 12.4 Å². The van der Waals surface area contributed by atoms with Crippen molar-refractivity contribution in [1.82, 2.24) is 5.32 Å². The van der Waals surface area contributed by atoms with Crippen LogP contribution >= 0.6 is 12.4 Å². The summed E-state index contributed by atoms with van der Waals surface area (Å²) in [6, 6.07) is 9.98. The summed E-state index contributed by atoms with van der Waals surface area (Å²) in [5, 5.41) is 2.45. The molecule has 0 spiro atoms. The molecule has 0 aliphatic heterocycles. The number of amides is 1. The summed E-state index contributed by atoms with van der Waals surface area (Å²) in [7, 11) is 1.19. The normalized spacial score (nSPS) is 11.9. The Balaban J connectivity index is 0.00000364. The second kappa shape index (κ2) is 9.38. The van der Waals surface area contributed by atoms with Gasteiger partial charge in [0.05, 0.1) is 12.7 Å². The average Bonchev–Trinajstić information content (AvgIpc) is 2.64. The fraction of sp³-hybridized carbons (Fsp3) is 0.222. The maximum absolute atomic E-state index is 12.6. The Morgan fingerprint density at radius 1 is 1.04 bits per heavy atom. The highest BCUT2D eigenvalue weighted by Gasteiger charge is 2.30. The highest BCUT2D eigenvalue weighted by atomic mass is 35.5. The number of hydrogen-bond acceptors (Lipinski definition) is 4. The van der Waals surface area contributed by atoms with E-state index in [1.807, 2.05) is 0 Å². The van der Waals surface area contributed by atoms with Crippen molar-refractivity contribution in [3.8, 4) is 11.1 Å². The van der Waals surface area contributed by atoms with Gasteiger partial charge in [0.25, 0.3) is 5.91 Å². The summed E-state index contributed by atoms with van der Waals surface area (Å²) < 4.78 is 42.3. The van der Waals surface area contributed by atoms with Crippen LogP contribution in [0, 0.1) is 0 Å². The first-order valence-corrected chi connectivity index (χ1v) is 7.62. The number of rotatable bonds is 5. The molecule has 5 nitrogen and oxygen atoms in total. The molecule has 0 fully saturated rings. The Labute approximate surface area is 160 Å². The van der Waals surface area contributed by atoms with Crippen LogP contribution in [0.3, 0.4) is 0 Å². The van der Waals surface area contributed by atoms with Gasteiger partial charge in [-0.3, -0.25) is 4.79 Å². The van der Waals surface area contributed by atoms with Crippen LogP contribution in [0.15, 0.2) is 48.5 Å². The van der Waals surface area contributed by atoms with Gasteiger partial charge in [-0.25, -0.2) is 4.79 Å². The van der Waals surface area contributed by atoms with Gasteiger partial charge in [-0.2, -0.15) is 13.2 Å². The Morgan fingerprint density at radius 2 is 1.52 bits per heavy atom. The molecule has 1 atom stereocenters. The summed E-state index contributed by atoms with van der Waals surface area (Å²) in [4.78, 5) is 23.6. The first kappa shape index (κ1) is 22.5. The van der Waals surface area contributed by atoms with Gasteiger partial charge in [-0.1, -0.05) is 24.3 Å².